The second kappa shape index (κ2) is 8.14. The molecule has 0 radical (unpaired) electrons. The standard InChI is InChI=1S/C16H22ClN7O3/c1-2-3-6-23(8-4-5-9(25)10(26)7-8)16(21)24-13(18)11(15(20)27)22-12(17)14(24)19/h4-5,7,14,21,25-26H,2-3,6,18-19H2,1H3,(H2,20,27). The summed E-state index contributed by atoms with van der Waals surface area (Å²) in [6, 6.07) is 4.13. The fraction of sp³-hybridized carbons (Fsp3) is 0.312. The molecule has 1 aromatic carbocycles. The van der Waals surface area contributed by atoms with E-state index in [2.05, 4.69) is 4.99 Å². The second-order valence-electron chi connectivity index (χ2n) is 5.85. The number of hydrogen-bond donors (Lipinski definition) is 6. The van der Waals surface area contributed by atoms with Gasteiger partial charge in [-0.2, -0.15) is 0 Å². The van der Waals surface area contributed by atoms with E-state index < -0.39 is 12.1 Å². The number of anilines is 1. The third-order valence-electron chi connectivity index (χ3n) is 3.97. The maximum Gasteiger partial charge on any atom is 0.271 e. The minimum absolute atomic E-state index is 0.147. The second-order valence-corrected chi connectivity index (χ2v) is 6.24. The van der Waals surface area contributed by atoms with Crippen molar-refractivity contribution in [2.24, 2.45) is 22.2 Å². The van der Waals surface area contributed by atoms with Gasteiger partial charge in [-0.05, 0) is 18.6 Å². The van der Waals surface area contributed by atoms with Crippen molar-refractivity contribution >= 4 is 34.3 Å². The molecule has 0 fully saturated rings. The van der Waals surface area contributed by atoms with Gasteiger partial charge in [-0.15, -0.1) is 0 Å². The van der Waals surface area contributed by atoms with Crippen LogP contribution in [0.2, 0.25) is 0 Å². The third kappa shape index (κ3) is 4.07. The first-order valence-electron chi connectivity index (χ1n) is 8.15. The Morgan fingerprint density at radius 2 is 2.07 bits per heavy atom. The van der Waals surface area contributed by atoms with Gasteiger partial charge >= 0.3 is 0 Å². The molecule has 2 rings (SSSR count). The lowest BCUT2D eigenvalue weighted by atomic mass is 10.2. The molecule has 0 aliphatic carbocycles. The number of halogens is 1. The van der Waals surface area contributed by atoms with Gasteiger partial charge in [0.1, 0.15) is 17.2 Å². The maximum absolute atomic E-state index is 11.6. The monoisotopic (exact) mass is 395 g/mol. The lowest BCUT2D eigenvalue weighted by Gasteiger charge is -2.38. The van der Waals surface area contributed by atoms with E-state index >= 15 is 0 Å². The van der Waals surface area contributed by atoms with E-state index in [9.17, 15) is 15.0 Å². The van der Waals surface area contributed by atoms with Crippen LogP contribution in [-0.4, -0.2) is 44.9 Å². The smallest absolute Gasteiger partial charge is 0.271 e. The highest BCUT2D eigenvalue weighted by Crippen LogP contribution is 2.31. The first-order chi connectivity index (χ1) is 12.7. The number of phenolic OH excluding ortho intramolecular Hbond substituents is 2. The van der Waals surface area contributed by atoms with Crippen LogP contribution in [0.5, 0.6) is 11.5 Å². The first kappa shape index (κ1) is 20.3. The Hall–Kier alpha value is -2.98. The summed E-state index contributed by atoms with van der Waals surface area (Å²) in [5.41, 5.74) is 17.4. The summed E-state index contributed by atoms with van der Waals surface area (Å²) in [7, 11) is 0. The zero-order valence-electron chi connectivity index (χ0n) is 14.7. The lowest BCUT2D eigenvalue weighted by Crippen LogP contribution is -2.57. The molecule has 146 valence electrons. The highest BCUT2D eigenvalue weighted by molar-refractivity contribution is 6.67. The number of hydrogen-bond acceptors (Lipinski definition) is 7. The minimum atomic E-state index is -1.09. The Bertz CT molecular complexity index is 824. The molecule has 0 saturated heterocycles. The molecule has 1 atom stereocenters. The van der Waals surface area contributed by atoms with Crippen molar-refractivity contribution in [3.8, 4) is 11.5 Å². The summed E-state index contributed by atoms with van der Waals surface area (Å²) in [5.74, 6) is -1.93. The number of unbranched alkanes of at least 4 members (excludes halogenated alkanes) is 1. The minimum Gasteiger partial charge on any atom is -0.504 e. The number of guanidine groups is 1. The zero-order valence-corrected chi connectivity index (χ0v) is 15.4. The van der Waals surface area contributed by atoms with Crippen LogP contribution in [0.25, 0.3) is 0 Å². The molecular weight excluding hydrogens is 374 g/mol. The van der Waals surface area contributed by atoms with E-state index in [4.69, 9.17) is 34.2 Å². The summed E-state index contributed by atoms with van der Waals surface area (Å²) in [6.07, 6.45) is 0.457. The number of amides is 1. The molecule has 1 aliphatic rings. The van der Waals surface area contributed by atoms with Crippen molar-refractivity contribution in [2.45, 2.75) is 25.9 Å². The average Bonchev–Trinajstić information content (AvgIpc) is 2.61. The number of aliphatic imine (C=N–C) groups is 1. The number of nitrogens with two attached hydrogens (primary N) is 3. The Morgan fingerprint density at radius 1 is 1.41 bits per heavy atom. The van der Waals surface area contributed by atoms with Crippen LogP contribution in [-0.2, 0) is 4.79 Å². The largest absolute Gasteiger partial charge is 0.504 e. The number of phenols is 2. The summed E-state index contributed by atoms with van der Waals surface area (Å²) in [5, 5.41) is 27.8. The molecule has 1 amide bonds. The van der Waals surface area contributed by atoms with Gasteiger partial charge in [0.2, 0.25) is 5.96 Å². The predicted molar refractivity (Wildman–Crippen MR) is 103 cm³/mol. The SMILES string of the molecule is CCCCN(C(=N)N1C(N)=C(C(N)=O)N=C(Cl)C1N)c1ccc(O)c(O)c1. The van der Waals surface area contributed by atoms with Gasteiger partial charge in [-0.1, -0.05) is 24.9 Å². The van der Waals surface area contributed by atoms with Gasteiger partial charge < -0.3 is 32.3 Å². The molecule has 10 nitrogen and oxygen atoms in total. The number of nitrogens with zero attached hydrogens (tertiary/aromatic N) is 3. The normalized spacial score (nSPS) is 16.9. The quantitative estimate of drug-likeness (QED) is 0.238. The molecule has 0 spiro atoms. The number of benzene rings is 1. The molecule has 11 heteroatoms. The van der Waals surface area contributed by atoms with Gasteiger partial charge in [-0.3, -0.25) is 15.1 Å². The number of carbonyl (C=O) groups is 1. The Balaban J connectivity index is 2.49. The highest BCUT2D eigenvalue weighted by atomic mass is 35.5. The molecule has 1 unspecified atom stereocenters. The van der Waals surface area contributed by atoms with Crippen LogP contribution in [0.1, 0.15) is 19.8 Å². The van der Waals surface area contributed by atoms with Gasteiger partial charge in [0.05, 0.1) is 0 Å². The van der Waals surface area contributed by atoms with E-state index in [-0.39, 0.29) is 34.1 Å². The molecule has 1 heterocycles. The fourth-order valence-corrected chi connectivity index (χ4v) is 2.69. The first-order valence-corrected chi connectivity index (χ1v) is 8.53. The van der Waals surface area contributed by atoms with Crippen LogP contribution in [0, 0.1) is 5.41 Å². The fourth-order valence-electron chi connectivity index (χ4n) is 2.51. The van der Waals surface area contributed by atoms with Crippen molar-refractivity contribution < 1.29 is 15.0 Å². The van der Waals surface area contributed by atoms with Crippen LogP contribution < -0.4 is 22.1 Å². The van der Waals surface area contributed by atoms with Crippen LogP contribution in [0.15, 0.2) is 34.7 Å². The average molecular weight is 396 g/mol. The summed E-state index contributed by atoms with van der Waals surface area (Å²) < 4.78 is 0. The number of carbonyl (C=O) groups excluding carboxylic acids is 1. The predicted octanol–water partition coefficient (Wildman–Crippen LogP) is 0.490. The number of aromatic hydroxyl groups is 2. The zero-order chi connectivity index (χ0) is 20.3. The summed E-state index contributed by atoms with van der Waals surface area (Å²) >= 11 is 6.01. The summed E-state index contributed by atoms with van der Waals surface area (Å²) in [4.78, 5) is 18.0. The third-order valence-corrected chi connectivity index (χ3v) is 4.27. The number of primary amides is 1. The molecule has 0 bridgehead atoms. The van der Waals surface area contributed by atoms with Crippen molar-refractivity contribution in [2.75, 3.05) is 11.4 Å². The van der Waals surface area contributed by atoms with Gasteiger partial charge in [-0.25, -0.2) is 4.99 Å². The van der Waals surface area contributed by atoms with Crippen LogP contribution in [0.4, 0.5) is 5.69 Å². The van der Waals surface area contributed by atoms with Crippen LogP contribution in [0.3, 0.4) is 0 Å². The molecule has 0 aromatic heterocycles. The van der Waals surface area contributed by atoms with Crippen molar-refractivity contribution in [1.29, 1.82) is 5.41 Å². The Morgan fingerprint density at radius 3 is 2.63 bits per heavy atom. The maximum atomic E-state index is 11.6. The van der Waals surface area contributed by atoms with E-state index in [0.717, 1.165) is 11.3 Å². The van der Waals surface area contributed by atoms with Crippen molar-refractivity contribution in [3.63, 3.8) is 0 Å². The van der Waals surface area contributed by atoms with E-state index in [0.29, 0.717) is 18.7 Å². The molecule has 1 aromatic rings. The van der Waals surface area contributed by atoms with E-state index in [1.54, 1.807) is 0 Å². The van der Waals surface area contributed by atoms with Gasteiger partial charge in [0.25, 0.3) is 5.91 Å². The highest BCUT2D eigenvalue weighted by Gasteiger charge is 2.34. The number of nitrogens with one attached hydrogen (secondary N) is 1. The molecule has 0 saturated carbocycles. The Kier molecular flexibility index (Phi) is 6.13. The van der Waals surface area contributed by atoms with Crippen molar-refractivity contribution in [1.82, 2.24) is 4.90 Å². The molecule has 1 aliphatic heterocycles. The molecular formula is C16H22ClN7O3. The lowest BCUT2D eigenvalue weighted by molar-refractivity contribution is -0.114. The molecule has 27 heavy (non-hydrogen) atoms. The summed E-state index contributed by atoms with van der Waals surface area (Å²) in [6.45, 7) is 2.36. The number of rotatable bonds is 5. The van der Waals surface area contributed by atoms with Crippen LogP contribution >= 0.6 is 11.6 Å². The Labute approximate surface area is 161 Å². The van der Waals surface area contributed by atoms with Gasteiger partial charge in [0, 0.05) is 18.3 Å². The molecule has 9 N–H and O–H groups in total. The van der Waals surface area contributed by atoms with E-state index in [1.807, 2.05) is 6.92 Å². The van der Waals surface area contributed by atoms with E-state index in [1.165, 1.54) is 23.1 Å². The van der Waals surface area contributed by atoms with Gasteiger partial charge in [0.15, 0.2) is 17.2 Å². The topological polar surface area (TPSA) is 178 Å². The van der Waals surface area contributed by atoms with Crippen molar-refractivity contribution in [3.05, 3.63) is 29.7 Å².